The van der Waals surface area contributed by atoms with Gasteiger partial charge in [0.15, 0.2) is 0 Å². The van der Waals surface area contributed by atoms with Gasteiger partial charge in [-0.3, -0.25) is 0 Å². The highest BCUT2D eigenvalue weighted by molar-refractivity contribution is 6.14. The van der Waals surface area contributed by atoms with Gasteiger partial charge in [-0.25, -0.2) is 0 Å². The normalized spacial score (nSPS) is 14.3. The lowest BCUT2D eigenvalue weighted by Crippen LogP contribution is -2.31. The Balaban J connectivity index is 1.08. The highest BCUT2D eigenvalue weighted by Crippen LogP contribution is 2.62. The van der Waals surface area contributed by atoms with Crippen molar-refractivity contribution in [2.24, 2.45) is 0 Å². The molecule has 14 rings (SSSR count). The Morgan fingerprint density at radius 2 is 0.844 bits per heavy atom. The predicted octanol–water partition coefficient (Wildman–Crippen LogP) is 16.1. The second-order valence-electron chi connectivity index (χ2n) is 18.4. The van der Waals surface area contributed by atoms with E-state index in [1.165, 1.54) is 99.3 Å². The molecule has 0 radical (unpaired) electrons. The number of aromatic nitrogens is 1. The fourth-order valence-electron chi connectivity index (χ4n) is 12.3. The number of anilines is 3. The lowest BCUT2D eigenvalue weighted by molar-refractivity contribution is 0.660. The summed E-state index contributed by atoms with van der Waals surface area (Å²) < 4.78 is 2.43. The minimum absolute atomic E-state index is 0.156. The van der Waals surface area contributed by atoms with Gasteiger partial charge in [0.2, 0.25) is 0 Å². The third-order valence-electron chi connectivity index (χ3n) is 15.0. The Labute approximate surface area is 372 Å². The second kappa shape index (κ2) is 12.8. The van der Waals surface area contributed by atoms with Gasteiger partial charge in [0.05, 0.1) is 22.1 Å². The number of fused-ring (bicyclic) bond motifs is 15. The van der Waals surface area contributed by atoms with E-state index in [0.717, 1.165) is 22.7 Å². The standard InChI is InChI=1S/C62H42N2/c1-61(2)51-25-11-6-19-42(51)46-33-31-40(37-56(46)61)63(41-32-34-48-47-23-10-15-30-57(47)64(59(48)38-41)39-17-4-3-5-18-39)58-36-35-49-45-22-9-14-28-54(45)62(55-29-16-24-50(58)60(49)55)52-26-12-7-20-43(52)44-21-8-13-27-53(44)62/h3-38H,1-2H3. The number of hydrogen-bond donors (Lipinski definition) is 0. The van der Waals surface area contributed by atoms with E-state index in [2.05, 4.69) is 242 Å². The van der Waals surface area contributed by atoms with E-state index >= 15 is 0 Å². The summed E-state index contributed by atoms with van der Waals surface area (Å²) in [5, 5.41) is 5.03. The van der Waals surface area contributed by atoms with Gasteiger partial charge in [-0.1, -0.05) is 184 Å². The molecular formula is C62H42N2. The highest BCUT2D eigenvalue weighted by Gasteiger charge is 2.50. The van der Waals surface area contributed by atoms with Crippen molar-refractivity contribution in [1.82, 2.24) is 4.57 Å². The summed E-state index contributed by atoms with van der Waals surface area (Å²) in [5.41, 5.74) is 22.3. The van der Waals surface area contributed by atoms with Gasteiger partial charge in [-0.15, -0.1) is 0 Å². The van der Waals surface area contributed by atoms with Crippen molar-refractivity contribution in [2.45, 2.75) is 24.7 Å². The first-order valence-corrected chi connectivity index (χ1v) is 22.5. The maximum atomic E-state index is 2.54. The Morgan fingerprint density at radius 3 is 1.56 bits per heavy atom. The summed E-state index contributed by atoms with van der Waals surface area (Å²) in [6, 6.07) is 82.1. The van der Waals surface area contributed by atoms with Crippen molar-refractivity contribution in [3.63, 3.8) is 0 Å². The highest BCUT2D eigenvalue weighted by atomic mass is 15.1. The van der Waals surface area contributed by atoms with Crippen LogP contribution in [0.5, 0.6) is 0 Å². The Kier molecular flexibility index (Phi) is 7.13. The van der Waals surface area contributed by atoms with Crippen LogP contribution in [0.3, 0.4) is 0 Å². The minimum atomic E-state index is -0.474. The van der Waals surface area contributed by atoms with Gasteiger partial charge in [0.1, 0.15) is 0 Å². The molecule has 2 nitrogen and oxygen atoms in total. The van der Waals surface area contributed by atoms with Crippen LogP contribution in [0.25, 0.3) is 71.6 Å². The van der Waals surface area contributed by atoms with Crippen molar-refractivity contribution < 1.29 is 0 Å². The molecule has 1 spiro atoms. The average molecular weight is 815 g/mol. The molecule has 2 heteroatoms. The Bertz CT molecular complexity index is 3730. The topological polar surface area (TPSA) is 8.17 Å². The van der Waals surface area contributed by atoms with Crippen LogP contribution in [0.2, 0.25) is 0 Å². The van der Waals surface area contributed by atoms with E-state index in [1.807, 2.05) is 0 Å². The summed E-state index contributed by atoms with van der Waals surface area (Å²) in [7, 11) is 0. The van der Waals surface area contributed by atoms with E-state index in [4.69, 9.17) is 0 Å². The van der Waals surface area contributed by atoms with Crippen LogP contribution in [0.15, 0.2) is 218 Å². The van der Waals surface area contributed by atoms with Gasteiger partial charge in [-0.05, 0) is 121 Å². The molecule has 3 aliphatic carbocycles. The quantitative estimate of drug-likeness (QED) is 0.172. The molecule has 0 atom stereocenters. The van der Waals surface area contributed by atoms with E-state index in [0.29, 0.717) is 0 Å². The predicted molar refractivity (Wildman–Crippen MR) is 267 cm³/mol. The number of para-hydroxylation sites is 2. The lowest BCUT2D eigenvalue weighted by atomic mass is 9.61. The maximum absolute atomic E-state index is 2.54. The molecule has 0 bridgehead atoms. The first-order valence-electron chi connectivity index (χ1n) is 22.5. The molecule has 0 saturated heterocycles. The molecule has 64 heavy (non-hydrogen) atoms. The molecule has 0 fully saturated rings. The van der Waals surface area contributed by atoms with Crippen LogP contribution >= 0.6 is 0 Å². The van der Waals surface area contributed by atoms with Crippen LogP contribution in [0.4, 0.5) is 17.1 Å². The lowest BCUT2D eigenvalue weighted by Gasteiger charge is -2.40. The number of rotatable bonds is 4. The number of hydrogen-bond acceptors (Lipinski definition) is 1. The van der Waals surface area contributed by atoms with Crippen LogP contribution in [-0.4, -0.2) is 4.57 Å². The smallest absolute Gasteiger partial charge is 0.0725 e. The van der Waals surface area contributed by atoms with E-state index in [-0.39, 0.29) is 5.41 Å². The minimum Gasteiger partial charge on any atom is -0.310 e. The molecule has 0 N–H and O–H groups in total. The summed E-state index contributed by atoms with van der Waals surface area (Å²) >= 11 is 0. The van der Waals surface area contributed by atoms with Gasteiger partial charge in [-0.2, -0.15) is 0 Å². The third kappa shape index (κ3) is 4.49. The SMILES string of the molecule is CC1(C)c2ccccc2-c2ccc(N(c3ccc4c5ccccc5n(-c5ccccc5)c4c3)c3ccc4c5c(cccc35)C3(c5ccccc5-c5ccccc53)c3ccccc3-4)cc21. The van der Waals surface area contributed by atoms with E-state index in [9.17, 15) is 0 Å². The Hall–Kier alpha value is -7.94. The number of nitrogens with zero attached hydrogens (tertiary/aromatic N) is 2. The van der Waals surface area contributed by atoms with Crippen molar-refractivity contribution in [2.75, 3.05) is 4.90 Å². The van der Waals surface area contributed by atoms with Crippen LogP contribution in [0, 0.1) is 0 Å². The van der Waals surface area contributed by atoms with Gasteiger partial charge < -0.3 is 9.47 Å². The zero-order valence-electron chi connectivity index (χ0n) is 35.7. The summed E-state index contributed by atoms with van der Waals surface area (Å²) in [4.78, 5) is 2.54. The molecule has 300 valence electrons. The zero-order valence-corrected chi connectivity index (χ0v) is 35.7. The van der Waals surface area contributed by atoms with Crippen LogP contribution in [0.1, 0.15) is 47.2 Å². The third-order valence-corrected chi connectivity index (χ3v) is 15.0. The Morgan fingerprint density at radius 1 is 0.344 bits per heavy atom. The van der Waals surface area contributed by atoms with E-state index < -0.39 is 5.41 Å². The zero-order chi connectivity index (χ0) is 42.3. The van der Waals surface area contributed by atoms with Crippen molar-refractivity contribution in [1.29, 1.82) is 0 Å². The second-order valence-corrected chi connectivity index (χ2v) is 18.4. The summed E-state index contributed by atoms with van der Waals surface area (Å²) in [6.45, 7) is 4.76. The molecule has 3 aliphatic rings. The molecule has 0 amide bonds. The molecule has 10 aromatic carbocycles. The summed E-state index contributed by atoms with van der Waals surface area (Å²) in [5.74, 6) is 0. The van der Waals surface area contributed by atoms with Crippen molar-refractivity contribution in [3.05, 3.63) is 252 Å². The fraction of sp³-hybridized carbons (Fsp3) is 0.0645. The molecule has 0 unspecified atom stereocenters. The van der Waals surface area contributed by atoms with Crippen LogP contribution < -0.4 is 4.90 Å². The van der Waals surface area contributed by atoms with Crippen LogP contribution in [-0.2, 0) is 10.8 Å². The molecule has 0 aliphatic heterocycles. The average Bonchev–Trinajstić information content (AvgIpc) is 3.92. The van der Waals surface area contributed by atoms with Crippen molar-refractivity contribution in [3.8, 4) is 39.1 Å². The fourth-order valence-corrected chi connectivity index (χ4v) is 12.3. The van der Waals surface area contributed by atoms with E-state index in [1.54, 1.807) is 0 Å². The van der Waals surface area contributed by atoms with Gasteiger partial charge >= 0.3 is 0 Å². The van der Waals surface area contributed by atoms with Gasteiger partial charge in [0.25, 0.3) is 0 Å². The first kappa shape index (κ1) is 35.6. The molecular weight excluding hydrogens is 773 g/mol. The monoisotopic (exact) mass is 814 g/mol. The molecule has 1 heterocycles. The molecule has 1 aromatic heterocycles. The number of benzene rings is 10. The summed E-state index contributed by atoms with van der Waals surface area (Å²) in [6.07, 6.45) is 0. The molecule has 11 aromatic rings. The molecule has 0 saturated carbocycles. The maximum Gasteiger partial charge on any atom is 0.0725 e. The van der Waals surface area contributed by atoms with Crippen molar-refractivity contribution >= 4 is 49.6 Å². The van der Waals surface area contributed by atoms with Gasteiger partial charge in [0, 0.05) is 38.6 Å². The first-order chi connectivity index (χ1) is 31.5. The largest absolute Gasteiger partial charge is 0.310 e.